The number of anilines is 1. The number of amides is 2. The van der Waals surface area contributed by atoms with E-state index in [1.165, 1.54) is 6.92 Å². The Labute approximate surface area is 125 Å². The molecule has 1 saturated heterocycles. The molecule has 1 aromatic carbocycles. The van der Waals surface area contributed by atoms with Crippen LogP contribution in [-0.4, -0.2) is 40.5 Å². The van der Waals surface area contributed by atoms with Crippen LogP contribution in [0.4, 0.5) is 5.69 Å². The predicted molar refractivity (Wildman–Crippen MR) is 80.9 cm³/mol. The predicted octanol–water partition coefficient (Wildman–Crippen LogP) is 1.56. The number of hydrogen-bond acceptors (Lipinski definition) is 3. The quantitative estimate of drug-likeness (QED) is 0.887. The lowest BCUT2D eigenvalue weighted by molar-refractivity contribution is -0.134. The first-order valence-electron chi connectivity index (χ1n) is 7.22. The van der Waals surface area contributed by atoms with Gasteiger partial charge in [0, 0.05) is 25.7 Å². The fraction of sp³-hybridized carbons (Fsp3) is 0.500. The third-order valence-corrected chi connectivity index (χ3v) is 3.82. The smallest absolute Gasteiger partial charge is 0.226 e. The van der Waals surface area contributed by atoms with E-state index in [1.54, 1.807) is 17.0 Å². The number of hydrogen-bond donors (Lipinski definition) is 2. The van der Waals surface area contributed by atoms with Crippen LogP contribution >= 0.6 is 0 Å². The maximum absolute atomic E-state index is 12.2. The highest BCUT2D eigenvalue weighted by Gasteiger charge is 2.29. The Morgan fingerprint density at radius 1 is 1.24 bits per heavy atom. The molecule has 0 unspecified atom stereocenters. The largest absolute Gasteiger partial charge is 0.390 e. The molecule has 1 aromatic rings. The number of piperidine rings is 1. The van der Waals surface area contributed by atoms with E-state index in [4.69, 9.17) is 0 Å². The number of benzene rings is 1. The van der Waals surface area contributed by atoms with Gasteiger partial charge in [-0.15, -0.1) is 0 Å². The van der Waals surface area contributed by atoms with Crippen LogP contribution in [0, 0.1) is 0 Å². The second-order valence-electron chi connectivity index (χ2n) is 5.93. The topological polar surface area (TPSA) is 69.6 Å². The van der Waals surface area contributed by atoms with Gasteiger partial charge in [-0.1, -0.05) is 12.1 Å². The molecule has 1 aliphatic heterocycles. The van der Waals surface area contributed by atoms with Gasteiger partial charge in [0.05, 0.1) is 12.0 Å². The van der Waals surface area contributed by atoms with Crippen molar-refractivity contribution in [2.75, 3.05) is 18.4 Å². The maximum atomic E-state index is 12.2. The number of carbonyl (C=O) groups is 2. The number of likely N-dealkylation sites (tertiary alicyclic amines) is 1. The summed E-state index contributed by atoms with van der Waals surface area (Å²) < 4.78 is 0. The molecule has 0 aromatic heterocycles. The van der Waals surface area contributed by atoms with Crippen molar-refractivity contribution in [2.24, 2.45) is 0 Å². The first kappa shape index (κ1) is 15.5. The lowest BCUT2D eigenvalue weighted by Gasteiger charge is -2.35. The van der Waals surface area contributed by atoms with Gasteiger partial charge >= 0.3 is 0 Å². The first-order valence-corrected chi connectivity index (χ1v) is 7.22. The number of rotatable bonds is 3. The summed E-state index contributed by atoms with van der Waals surface area (Å²) >= 11 is 0. The van der Waals surface area contributed by atoms with Gasteiger partial charge in [0.15, 0.2) is 0 Å². The molecule has 114 valence electrons. The average Bonchev–Trinajstić information content (AvgIpc) is 2.40. The zero-order chi connectivity index (χ0) is 15.5. The Kier molecular flexibility index (Phi) is 4.63. The van der Waals surface area contributed by atoms with E-state index < -0.39 is 5.60 Å². The van der Waals surface area contributed by atoms with Crippen molar-refractivity contribution >= 4 is 17.5 Å². The molecule has 0 bridgehead atoms. The fourth-order valence-corrected chi connectivity index (χ4v) is 2.43. The third kappa shape index (κ3) is 4.56. The van der Waals surface area contributed by atoms with Gasteiger partial charge in [-0.3, -0.25) is 9.59 Å². The van der Waals surface area contributed by atoms with Crippen molar-refractivity contribution in [1.29, 1.82) is 0 Å². The lowest BCUT2D eigenvalue weighted by atomic mass is 9.93. The average molecular weight is 290 g/mol. The summed E-state index contributed by atoms with van der Waals surface area (Å²) in [6.07, 6.45) is 1.60. The van der Waals surface area contributed by atoms with Gasteiger partial charge in [0.25, 0.3) is 0 Å². The minimum atomic E-state index is -0.642. The van der Waals surface area contributed by atoms with Crippen LogP contribution in [0.2, 0.25) is 0 Å². The Morgan fingerprint density at radius 3 is 2.33 bits per heavy atom. The number of nitrogens with zero attached hydrogens (tertiary/aromatic N) is 1. The molecule has 5 nitrogen and oxygen atoms in total. The fourth-order valence-electron chi connectivity index (χ4n) is 2.43. The molecule has 0 saturated carbocycles. The molecule has 2 rings (SSSR count). The van der Waals surface area contributed by atoms with Gasteiger partial charge in [-0.05, 0) is 37.5 Å². The summed E-state index contributed by atoms with van der Waals surface area (Å²) in [7, 11) is 0. The Hall–Kier alpha value is -1.88. The summed E-state index contributed by atoms with van der Waals surface area (Å²) in [6.45, 7) is 4.49. The molecule has 0 spiro atoms. The summed E-state index contributed by atoms with van der Waals surface area (Å²) in [4.78, 5) is 25.0. The second kappa shape index (κ2) is 6.26. The van der Waals surface area contributed by atoms with Crippen molar-refractivity contribution < 1.29 is 14.7 Å². The summed E-state index contributed by atoms with van der Waals surface area (Å²) in [5, 5.41) is 12.6. The van der Waals surface area contributed by atoms with Crippen LogP contribution in [-0.2, 0) is 16.0 Å². The van der Waals surface area contributed by atoms with E-state index in [0.717, 1.165) is 11.3 Å². The van der Waals surface area contributed by atoms with Crippen LogP contribution in [0.5, 0.6) is 0 Å². The van der Waals surface area contributed by atoms with Gasteiger partial charge in [-0.2, -0.15) is 0 Å². The van der Waals surface area contributed by atoms with Crippen molar-refractivity contribution in [2.45, 2.75) is 38.7 Å². The van der Waals surface area contributed by atoms with E-state index in [2.05, 4.69) is 5.32 Å². The summed E-state index contributed by atoms with van der Waals surface area (Å²) in [5.74, 6) is -0.0306. The Bertz CT molecular complexity index is 513. The molecule has 1 heterocycles. The summed E-state index contributed by atoms with van der Waals surface area (Å²) in [6, 6.07) is 7.29. The lowest BCUT2D eigenvalue weighted by Crippen LogP contribution is -2.45. The molecule has 1 fully saturated rings. The highest BCUT2D eigenvalue weighted by molar-refractivity contribution is 5.88. The monoisotopic (exact) mass is 290 g/mol. The molecule has 5 heteroatoms. The molecule has 0 radical (unpaired) electrons. The highest BCUT2D eigenvalue weighted by atomic mass is 16.3. The molecule has 21 heavy (non-hydrogen) atoms. The van der Waals surface area contributed by atoms with Crippen molar-refractivity contribution in [1.82, 2.24) is 4.90 Å². The SMILES string of the molecule is CC(=O)Nc1ccc(CC(=O)N2CCC(C)(O)CC2)cc1. The van der Waals surface area contributed by atoms with Crippen LogP contribution in [0.15, 0.2) is 24.3 Å². The van der Waals surface area contributed by atoms with Crippen molar-refractivity contribution in [3.63, 3.8) is 0 Å². The molecule has 2 N–H and O–H groups in total. The van der Waals surface area contributed by atoms with Crippen molar-refractivity contribution in [3.05, 3.63) is 29.8 Å². The number of aliphatic hydroxyl groups is 1. The van der Waals surface area contributed by atoms with E-state index in [9.17, 15) is 14.7 Å². The Balaban J connectivity index is 1.89. The minimum absolute atomic E-state index is 0.0813. The van der Waals surface area contributed by atoms with Crippen LogP contribution in [0.25, 0.3) is 0 Å². The minimum Gasteiger partial charge on any atom is -0.390 e. The van der Waals surface area contributed by atoms with Crippen LogP contribution in [0.1, 0.15) is 32.3 Å². The third-order valence-electron chi connectivity index (χ3n) is 3.82. The first-order chi connectivity index (χ1) is 9.85. The van der Waals surface area contributed by atoms with Gasteiger partial charge in [0.2, 0.25) is 11.8 Å². The molecular formula is C16H22N2O3. The van der Waals surface area contributed by atoms with Gasteiger partial charge in [-0.25, -0.2) is 0 Å². The van der Waals surface area contributed by atoms with E-state index in [1.807, 2.05) is 19.1 Å². The van der Waals surface area contributed by atoms with E-state index in [0.29, 0.717) is 32.4 Å². The van der Waals surface area contributed by atoms with E-state index in [-0.39, 0.29) is 11.8 Å². The summed E-state index contributed by atoms with van der Waals surface area (Å²) in [5.41, 5.74) is 1.01. The molecule has 0 aliphatic carbocycles. The van der Waals surface area contributed by atoms with Gasteiger partial charge in [0.1, 0.15) is 0 Å². The normalized spacial score (nSPS) is 17.4. The number of nitrogens with one attached hydrogen (secondary N) is 1. The molecule has 0 atom stereocenters. The number of carbonyl (C=O) groups excluding carboxylic acids is 2. The highest BCUT2D eigenvalue weighted by Crippen LogP contribution is 2.21. The van der Waals surface area contributed by atoms with Crippen LogP contribution in [0.3, 0.4) is 0 Å². The zero-order valence-electron chi connectivity index (χ0n) is 12.6. The molecular weight excluding hydrogens is 268 g/mol. The standard InChI is InChI=1S/C16H22N2O3/c1-12(19)17-14-5-3-13(4-6-14)11-15(20)18-9-7-16(2,21)8-10-18/h3-6,21H,7-11H2,1-2H3,(H,17,19). The van der Waals surface area contributed by atoms with E-state index >= 15 is 0 Å². The molecule has 1 aliphatic rings. The zero-order valence-corrected chi connectivity index (χ0v) is 12.6. The maximum Gasteiger partial charge on any atom is 0.226 e. The Morgan fingerprint density at radius 2 is 1.81 bits per heavy atom. The van der Waals surface area contributed by atoms with Crippen molar-refractivity contribution in [3.8, 4) is 0 Å². The van der Waals surface area contributed by atoms with Gasteiger partial charge < -0.3 is 15.3 Å². The second-order valence-corrected chi connectivity index (χ2v) is 5.93. The molecule has 2 amide bonds. The van der Waals surface area contributed by atoms with Crippen LogP contribution < -0.4 is 5.32 Å².